The Balaban J connectivity index is 1.26. The lowest BCUT2D eigenvalue weighted by molar-refractivity contribution is 0.0849. The van der Waals surface area contributed by atoms with Gasteiger partial charge in [0.05, 0.1) is 17.9 Å². The van der Waals surface area contributed by atoms with Gasteiger partial charge in [-0.25, -0.2) is 4.98 Å². The van der Waals surface area contributed by atoms with Crippen LogP contribution in [0.3, 0.4) is 0 Å². The Hall–Kier alpha value is -3.33. The summed E-state index contributed by atoms with van der Waals surface area (Å²) in [5.74, 6) is 1.25. The summed E-state index contributed by atoms with van der Waals surface area (Å²) in [4.78, 5) is 21.5. The molecule has 1 atom stereocenters. The molecule has 1 aliphatic heterocycles. The molecule has 0 unspecified atom stereocenters. The Kier molecular flexibility index (Phi) is 9.22. The molecule has 1 aliphatic rings. The average Bonchev–Trinajstić information content (AvgIpc) is 2.89. The highest BCUT2D eigenvalue weighted by Gasteiger charge is 2.22. The van der Waals surface area contributed by atoms with Gasteiger partial charge in [0.25, 0.3) is 5.91 Å². The van der Waals surface area contributed by atoms with Gasteiger partial charge in [0, 0.05) is 50.5 Å². The van der Waals surface area contributed by atoms with Crippen molar-refractivity contribution in [1.82, 2.24) is 15.2 Å². The van der Waals surface area contributed by atoms with Crippen LogP contribution in [0, 0.1) is 0 Å². The summed E-state index contributed by atoms with van der Waals surface area (Å²) in [6.07, 6.45) is 0.966. The Morgan fingerprint density at radius 1 is 1.05 bits per heavy atom. The highest BCUT2D eigenvalue weighted by atomic mass is 35.5. The van der Waals surface area contributed by atoms with Gasteiger partial charge in [0.15, 0.2) is 0 Å². The number of nitrogens with one attached hydrogen (secondary N) is 1. The minimum absolute atomic E-state index is 0.111. The molecule has 0 aliphatic carbocycles. The minimum Gasteiger partial charge on any atom is -0.489 e. The second kappa shape index (κ2) is 12.8. The number of pyridine rings is 1. The number of hydrogen-bond donors (Lipinski definition) is 2. The standard InChI is InChI=1S/C28H33ClN4O4/c1-20(2)36-26-8-4-3-7-25(26)33-16-14-32(15-17-33)19-22(34)18-31-27(35)24-6-5-13-30-28(24)37-23-11-9-21(29)10-12-23/h3-13,20,22,34H,14-19H2,1-2H3,(H,31,35)/t22-/m0/s1. The molecule has 4 rings (SSSR count). The van der Waals surface area contributed by atoms with E-state index in [4.69, 9.17) is 21.1 Å². The lowest BCUT2D eigenvalue weighted by Crippen LogP contribution is -2.50. The highest BCUT2D eigenvalue weighted by molar-refractivity contribution is 6.30. The Labute approximate surface area is 222 Å². The number of anilines is 1. The third-order valence-electron chi connectivity index (χ3n) is 5.95. The lowest BCUT2D eigenvalue weighted by atomic mass is 10.2. The zero-order valence-corrected chi connectivity index (χ0v) is 21.9. The first kappa shape index (κ1) is 26.7. The zero-order valence-electron chi connectivity index (χ0n) is 21.1. The van der Waals surface area contributed by atoms with Crippen molar-refractivity contribution in [3.63, 3.8) is 0 Å². The fourth-order valence-corrected chi connectivity index (χ4v) is 4.30. The molecule has 0 bridgehead atoms. The molecule has 3 aromatic rings. The van der Waals surface area contributed by atoms with Gasteiger partial charge in [-0.2, -0.15) is 0 Å². The maximum Gasteiger partial charge on any atom is 0.256 e. The zero-order chi connectivity index (χ0) is 26.2. The first-order valence-electron chi connectivity index (χ1n) is 12.5. The summed E-state index contributed by atoms with van der Waals surface area (Å²) >= 11 is 5.92. The summed E-state index contributed by atoms with van der Waals surface area (Å²) in [6.45, 7) is 7.93. The summed E-state index contributed by atoms with van der Waals surface area (Å²) in [7, 11) is 0. The number of carbonyl (C=O) groups excluding carboxylic acids is 1. The van der Waals surface area contributed by atoms with Crippen molar-refractivity contribution in [2.24, 2.45) is 0 Å². The van der Waals surface area contributed by atoms with Crippen molar-refractivity contribution in [3.8, 4) is 17.4 Å². The number of amides is 1. The number of rotatable bonds is 10. The van der Waals surface area contributed by atoms with Crippen molar-refractivity contribution in [2.75, 3.05) is 44.2 Å². The molecule has 8 nitrogen and oxygen atoms in total. The van der Waals surface area contributed by atoms with E-state index in [1.54, 1.807) is 42.6 Å². The molecule has 0 saturated carbocycles. The van der Waals surface area contributed by atoms with Crippen LogP contribution in [-0.4, -0.2) is 72.4 Å². The smallest absolute Gasteiger partial charge is 0.256 e. The molecule has 9 heteroatoms. The Morgan fingerprint density at radius 2 is 1.78 bits per heavy atom. The molecule has 0 radical (unpaired) electrons. The fraction of sp³-hybridized carbons (Fsp3) is 0.357. The molecular weight excluding hydrogens is 492 g/mol. The maximum atomic E-state index is 12.8. The monoisotopic (exact) mass is 524 g/mol. The van der Waals surface area contributed by atoms with Crippen molar-refractivity contribution in [2.45, 2.75) is 26.1 Å². The van der Waals surface area contributed by atoms with Crippen LogP contribution in [0.1, 0.15) is 24.2 Å². The Bertz CT molecular complexity index is 1170. The summed E-state index contributed by atoms with van der Waals surface area (Å²) in [5.41, 5.74) is 1.39. The van der Waals surface area contributed by atoms with E-state index in [1.165, 1.54) is 0 Å². The number of aliphatic hydroxyl groups is 1. The summed E-state index contributed by atoms with van der Waals surface area (Å²) in [5, 5.41) is 14.0. The topological polar surface area (TPSA) is 87.2 Å². The van der Waals surface area contributed by atoms with Gasteiger partial charge in [-0.05, 0) is 62.4 Å². The maximum absolute atomic E-state index is 12.8. The quantitative estimate of drug-likeness (QED) is 0.410. The number of ether oxygens (including phenoxy) is 2. The number of β-amino-alcohol motifs (C(OH)–C–C–N with tert-alkyl or cyclic N) is 1. The number of benzene rings is 2. The number of hydrogen-bond acceptors (Lipinski definition) is 7. The highest BCUT2D eigenvalue weighted by Crippen LogP contribution is 2.30. The molecule has 2 N–H and O–H groups in total. The van der Waals surface area contributed by atoms with Gasteiger partial charge in [0.1, 0.15) is 17.1 Å². The molecule has 2 aromatic carbocycles. The Morgan fingerprint density at radius 3 is 2.51 bits per heavy atom. The number of aliphatic hydroxyl groups excluding tert-OH is 1. The van der Waals surface area contributed by atoms with Gasteiger partial charge in [-0.15, -0.1) is 0 Å². The number of carbonyl (C=O) groups is 1. The number of para-hydroxylation sites is 2. The number of halogens is 1. The van der Waals surface area contributed by atoms with Crippen LogP contribution in [0.15, 0.2) is 66.9 Å². The second-order valence-electron chi connectivity index (χ2n) is 9.20. The van der Waals surface area contributed by atoms with Gasteiger partial charge in [-0.1, -0.05) is 23.7 Å². The van der Waals surface area contributed by atoms with E-state index in [0.29, 0.717) is 22.9 Å². The van der Waals surface area contributed by atoms with Crippen molar-refractivity contribution in [1.29, 1.82) is 0 Å². The third-order valence-corrected chi connectivity index (χ3v) is 6.20. The number of aromatic nitrogens is 1. The molecule has 1 saturated heterocycles. The van der Waals surface area contributed by atoms with Crippen molar-refractivity contribution < 1.29 is 19.4 Å². The van der Waals surface area contributed by atoms with Crippen molar-refractivity contribution in [3.05, 3.63) is 77.4 Å². The summed E-state index contributed by atoms with van der Waals surface area (Å²) < 4.78 is 11.7. The van der Waals surface area contributed by atoms with E-state index in [2.05, 4.69) is 26.2 Å². The van der Waals surface area contributed by atoms with E-state index in [0.717, 1.165) is 37.6 Å². The molecule has 2 heterocycles. The van der Waals surface area contributed by atoms with E-state index in [1.807, 2.05) is 32.0 Å². The third kappa shape index (κ3) is 7.58. The van der Waals surface area contributed by atoms with E-state index in [9.17, 15) is 9.90 Å². The molecule has 1 aromatic heterocycles. The van der Waals surface area contributed by atoms with Crippen molar-refractivity contribution >= 4 is 23.2 Å². The van der Waals surface area contributed by atoms with Gasteiger partial charge in [0.2, 0.25) is 5.88 Å². The molecular formula is C28H33ClN4O4. The average molecular weight is 525 g/mol. The van der Waals surface area contributed by atoms with Crippen LogP contribution in [0.2, 0.25) is 5.02 Å². The molecule has 37 heavy (non-hydrogen) atoms. The predicted octanol–water partition coefficient (Wildman–Crippen LogP) is 4.23. The van der Waals surface area contributed by atoms with Crippen LogP contribution in [0.25, 0.3) is 0 Å². The van der Waals surface area contributed by atoms with E-state index >= 15 is 0 Å². The van der Waals surface area contributed by atoms with Crippen LogP contribution in [-0.2, 0) is 0 Å². The van der Waals surface area contributed by atoms with Gasteiger partial charge in [-0.3, -0.25) is 9.69 Å². The van der Waals surface area contributed by atoms with E-state index in [-0.39, 0.29) is 24.4 Å². The van der Waals surface area contributed by atoms with E-state index < -0.39 is 6.10 Å². The minimum atomic E-state index is -0.704. The molecule has 0 spiro atoms. The van der Waals surface area contributed by atoms with Gasteiger partial charge >= 0.3 is 0 Å². The van der Waals surface area contributed by atoms with Crippen LogP contribution in [0.4, 0.5) is 5.69 Å². The SMILES string of the molecule is CC(C)Oc1ccccc1N1CCN(C[C@@H](O)CNC(=O)c2cccnc2Oc2ccc(Cl)cc2)CC1. The molecule has 1 amide bonds. The lowest BCUT2D eigenvalue weighted by Gasteiger charge is -2.37. The second-order valence-corrected chi connectivity index (χ2v) is 9.63. The van der Waals surface area contributed by atoms with Crippen LogP contribution >= 0.6 is 11.6 Å². The van der Waals surface area contributed by atoms with Crippen LogP contribution < -0.4 is 19.7 Å². The summed E-state index contributed by atoms with van der Waals surface area (Å²) in [6, 6.07) is 18.2. The predicted molar refractivity (Wildman–Crippen MR) is 145 cm³/mol. The molecule has 1 fully saturated rings. The number of nitrogens with zero attached hydrogens (tertiary/aromatic N) is 3. The van der Waals surface area contributed by atoms with Gasteiger partial charge < -0.3 is 24.8 Å². The first-order chi connectivity index (χ1) is 17.9. The largest absolute Gasteiger partial charge is 0.489 e. The number of piperazine rings is 1. The fourth-order valence-electron chi connectivity index (χ4n) is 4.17. The normalized spacial score (nSPS) is 14.9. The van der Waals surface area contributed by atoms with Crippen LogP contribution in [0.5, 0.6) is 17.4 Å². The molecule has 196 valence electrons. The first-order valence-corrected chi connectivity index (χ1v) is 12.8.